The number of methoxy groups -OCH3 is 1. The van der Waals surface area contributed by atoms with Crippen LogP contribution in [0.4, 0.5) is 4.39 Å². The molecule has 36 heavy (non-hydrogen) atoms. The number of hydrogen-bond acceptors (Lipinski definition) is 4. The normalized spacial score (nSPS) is 12.0. The first-order chi connectivity index (χ1) is 17.3. The maximum atomic E-state index is 14.0. The molecule has 7 heteroatoms. The van der Waals surface area contributed by atoms with Crippen molar-refractivity contribution in [1.29, 1.82) is 0 Å². The van der Waals surface area contributed by atoms with Gasteiger partial charge in [-0.1, -0.05) is 31.2 Å². The number of fused-ring (bicyclic) bond motifs is 1. The molecule has 1 unspecified atom stereocenters. The van der Waals surface area contributed by atoms with Gasteiger partial charge in [0, 0.05) is 19.2 Å². The number of benzene rings is 3. The lowest BCUT2D eigenvalue weighted by Crippen LogP contribution is -2.40. The van der Waals surface area contributed by atoms with Crippen LogP contribution in [0.3, 0.4) is 0 Å². The number of halogens is 1. The van der Waals surface area contributed by atoms with E-state index in [2.05, 4.69) is 0 Å². The van der Waals surface area contributed by atoms with E-state index in [1.807, 2.05) is 51.1 Å². The number of carbonyl (C=O) groups is 1. The van der Waals surface area contributed by atoms with Crippen molar-refractivity contribution < 1.29 is 13.9 Å². The van der Waals surface area contributed by atoms with E-state index in [9.17, 15) is 14.0 Å². The summed E-state index contributed by atoms with van der Waals surface area (Å²) in [6, 6.07) is 18.1. The maximum Gasteiger partial charge on any atom is 0.266 e. The summed E-state index contributed by atoms with van der Waals surface area (Å²) >= 11 is 0. The third kappa shape index (κ3) is 4.93. The summed E-state index contributed by atoms with van der Waals surface area (Å²) in [6.45, 7) is 6.47. The Morgan fingerprint density at radius 2 is 1.83 bits per heavy atom. The zero-order valence-electron chi connectivity index (χ0n) is 21.0. The highest BCUT2D eigenvalue weighted by Crippen LogP contribution is 2.28. The topological polar surface area (TPSA) is 64.4 Å². The van der Waals surface area contributed by atoms with Crippen molar-refractivity contribution in [3.05, 3.63) is 105 Å². The molecule has 0 fully saturated rings. The van der Waals surface area contributed by atoms with Crippen LogP contribution in [0.25, 0.3) is 16.6 Å². The predicted octanol–water partition coefficient (Wildman–Crippen LogP) is 5.38. The van der Waals surface area contributed by atoms with Crippen LogP contribution in [-0.4, -0.2) is 40.6 Å². The quantitative estimate of drug-likeness (QED) is 0.335. The highest BCUT2D eigenvalue weighted by molar-refractivity contribution is 5.94. The Labute approximate surface area is 210 Å². The van der Waals surface area contributed by atoms with Crippen LogP contribution in [0.5, 0.6) is 0 Å². The van der Waals surface area contributed by atoms with Crippen LogP contribution in [0.1, 0.15) is 46.7 Å². The second-order valence-corrected chi connectivity index (χ2v) is 8.82. The van der Waals surface area contributed by atoms with Gasteiger partial charge in [-0.3, -0.25) is 14.2 Å². The molecule has 0 spiro atoms. The van der Waals surface area contributed by atoms with Crippen molar-refractivity contribution >= 4 is 16.8 Å². The molecule has 0 aliphatic carbocycles. The molecule has 0 bridgehead atoms. The molecule has 0 saturated heterocycles. The molecule has 0 saturated carbocycles. The summed E-state index contributed by atoms with van der Waals surface area (Å²) in [5.41, 5.74) is 3.41. The molecule has 1 amide bonds. The monoisotopic (exact) mass is 487 g/mol. The standard InChI is InChI=1S/C29H30FN3O3/c1-5-26(32(15-16-36-4)28(34)21-9-8-10-22(30)18-21)27-31-25-12-7-6-11-24(25)29(35)33(27)23-14-13-19(2)20(3)17-23/h6-14,17-18,26H,5,15-16H2,1-4H3. The summed E-state index contributed by atoms with van der Waals surface area (Å²) in [5, 5.41) is 0.495. The number of nitrogens with zero attached hydrogens (tertiary/aromatic N) is 3. The lowest BCUT2D eigenvalue weighted by Gasteiger charge is -2.32. The van der Waals surface area contributed by atoms with E-state index in [0.29, 0.717) is 28.8 Å². The Kier molecular flexibility index (Phi) is 7.60. The average Bonchev–Trinajstić information content (AvgIpc) is 2.88. The van der Waals surface area contributed by atoms with E-state index in [0.717, 1.165) is 11.1 Å². The fraction of sp³-hybridized carbons (Fsp3) is 0.276. The first-order valence-electron chi connectivity index (χ1n) is 12.0. The van der Waals surface area contributed by atoms with Crippen molar-refractivity contribution in [3.8, 4) is 5.69 Å². The summed E-state index contributed by atoms with van der Waals surface area (Å²) < 4.78 is 20.9. The molecule has 0 radical (unpaired) electrons. The predicted molar refractivity (Wildman–Crippen MR) is 139 cm³/mol. The summed E-state index contributed by atoms with van der Waals surface area (Å²) in [7, 11) is 1.56. The van der Waals surface area contributed by atoms with Gasteiger partial charge < -0.3 is 9.64 Å². The zero-order valence-corrected chi connectivity index (χ0v) is 21.0. The Hall–Kier alpha value is -3.84. The molecule has 1 atom stereocenters. The van der Waals surface area contributed by atoms with E-state index in [-0.39, 0.29) is 30.2 Å². The van der Waals surface area contributed by atoms with Crippen LogP contribution >= 0.6 is 0 Å². The van der Waals surface area contributed by atoms with E-state index in [1.165, 1.54) is 18.2 Å². The van der Waals surface area contributed by atoms with Gasteiger partial charge in [0.1, 0.15) is 11.6 Å². The van der Waals surface area contributed by atoms with Gasteiger partial charge in [0.2, 0.25) is 0 Å². The molecule has 4 aromatic rings. The van der Waals surface area contributed by atoms with E-state index in [1.54, 1.807) is 34.8 Å². The Morgan fingerprint density at radius 3 is 2.53 bits per heavy atom. The van der Waals surface area contributed by atoms with Crippen molar-refractivity contribution in [1.82, 2.24) is 14.5 Å². The van der Waals surface area contributed by atoms with Gasteiger partial charge in [0.25, 0.3) is 11.5 Å². The van der Waals surface area contributed by atoms with Crippen molar-refractivity contribution in [3.63, 3.8) is 0 Å². The molecular weight excluding hydrogens is 457 g/mol. The molecule has 3 aromatic carbocycles. The number of para-hydroxylation sites is 1. The van der Waals surface area contributed by atoms with Gasteiger partial charge in [0.15, 0.2) is 0 Å². The summed E-state index contributed by atoms with van der Waals surface area (Å²) in [6.07, 6.45) is 0.487. The second-order valence-electron chi connectivity index (χ2n) is 8.82. The fourth-order valence-corrected chi connectivity index (χ4v) is 4.41. The minimum absolute atomic E-state index is 0.206. The number of aryl methyl sites for hydroxylation is 2. The van der Waals surface area contributed by atoms with E-state index in [4.69, 9.17) is 9.72 Å². The van der Waals surface area contributed by atoms with Gasteiger partial charge in [-0.25, -0.2) is 9.37 Å². The highest BCUT2D eigenvalue weighted by Gasteiger charge is 2.30. The largest absolute Gasteiger partial charge is 0.383 e. The molecule has 1 aromatic heterocycles. The smallest absolute Gasteiger partial charge is 0.266 e. The van der Waals surface area contributed by atoms with Crippen LogP contribution in [0.2, 0.25) is 0 Å². The first-order valence-corrected chi connectivity index (χ1v) is 12.0. The maximum absolute atomic E-state index is 14.0. The third-order valence-corrected chi connectivity index (χ3v) is 6.48. The van der Waals surface area contributed by atoms with Crippen LogP contribution < -0.4 is 5.56 Å². The molecule has 0 N–H and O–H groups in total. The lowest BCUT2D eigenvalue weighted by atomic mass is 10.1. The molecule has 4 rings (SSSR count). The molecule has 0 aliphatic heterocycles. The number of ether oxygens (including phenoxy) is 1. The van der Waals surface area contributed by atoms with Crippen molar-refractivity contribution in [2.75, 3.05) is 20.3 Å². The van der Waals surface area contributed by atoms with Gasteiger partial charge in [-0.05, 0) is 73.9 Å². The lowest BCUT2D eigenvalue weighted by molar-refractivity contribution is 0.0579. The minimum Gasteiger partial charge on any atom is -0.383 e. The number of aromatic nitrogens is 2. The molecule has 0 aliphatic rings. The van der Waals surface area contributed by atoms with Crippen molar-refractivity contribution in [2.45, 2.75) is 33.2 Å². The van der Waals surface area contributed by atoms with Crippen LogP contribution in [0, 0.1) is 19.7 Å². The van der Waals surface area contributed by atoms with Gasteiger partial charge in [-0.2, -0.15) is 0 Å². The fourth-order valence-electron chi connectivity index (χ4n) is 4.41. The molecule has 1 heterocycles. The average molecular weight is 488 g/mol. The molecular formula is C29H30FN3O3. The number of amides is 1. The molecule has 186 valence electrons. The Morgan fingerprint density at radius 1 is 1.06 bits per heavy atom. The molecule has 6 nitrogen and oxygen atoms in total. The summed E-state index contributed by atoms with van der Waals surface area (Å²) in [4.78, 5) is 34.0. The first kappa shape index (κ1) is 25.3. The zero-order chi connectivity index (χ0) is 25.8. The Balaban J connectivity index is 1.96. The minimum atomic E-state index is -0.560. The van der Waals surface area contributed by atoms with Crippen LogP contribution in [-0.2, 0) is 4.74 Å². The van der Waals surface area contributed by atoms with Gasteiger partial charge >= 0.3 is 0 Å². The van der Waals surface area contributed by atoms with E-state index < -0.39 is 11.9 Å². The third-order valence-electron chi connectivity index (χ3n) is 6.48. The SMILES string of the molecule is CCC(c1nc2ccccc2c(=O)n1-c1ccc(C)c(C)c1)N(CCOC)C(=O)c1cccc(F)c1. The summed E-state index contributed by atoms with van der Waals surface area (Å²) in [5.74, 6) is -0.394. The number of carbonyl (C=O) groups excluding carboxylic acids is 1. The Bertz CT molecular complexity index is 1460. The highest BCUT2D eigenvalue weighted by atomic mass is 19.1. The number of hydrogen-bond donors (Lipinski definition) is 0. The van der Waals surface area contributed by atoms with Crippen molar-refractivity contribution in [2.24, 2.45) is 0 Å². The van der Waals surface area contributed by atoms with Gasteiger partial charge in [-0.15, -0.1) is 0 Å². The van der Waals surface area contributed by atoms with Crippen LogP contribution in [0.15, 0.2) is 71.5 Å². The van der Waals surface area contributed by atoms with Gasteiger partial charge in [0.05, 0.1) is 29.2 Å². The number of rotatable bonds is 8. The van der Waals surface area contributed by atoms with E-state index >= 15 is 0 Å². The second kappa shape index (κ2) is 10.8.